The molecule has 1 N–H and O–H groups in total. The third-order valence-corrected chi connectivity index (χ3v) is 3.03. The van der Waals surface area contributed by atoms with Crippen LogP contribution in [0.3, 0.4) is 0 Å². The number of benzene rings is 2. The number of esters is 1. The highest BCUT2D eigenvalue weighted by atomic mass is 16.5. The zero-order chi connectivity index (χ0) is 15.9. The van der Waals surface area contributed by atoms with Crippen LogP contribution in [-0.2, 0) is 4.74 Å². The van der Waals surface area contributed by atoms with Gasteiger partial charge in [-0.1, -0.05) is 48.5 Å². The number of carboxylic acid groups (broad SMARTS) is 1. The largest absolute Gasteiger partial charge is 0.478 e. The Morgan fingerprint density at radius 2 is 1.59 bits per heavy atom. The van der Waals surface area contributed by atoms with Gasteiger partial charge in [0.1, 0.15) is 6.10 Å². The Hall–Kier alpha value is -2.88. The maximum Gasteiger partial charge on any atom is 0.339 e. The van der Waals surface area contributed by atoms with Crippen molar-refractivity contribution in [3.8, 4) is 0 Å². The molecule has 0 spiro atoms. The molecule has 0 saturated carbocycles. The molecule has 0 radical (unpaired) electrons. The monoisotopic (exact) mass is 296 g/mol. The Morgan fingerprint density at radius 3 is 2.23 bits per heavy atom. The van der Waals surface area contributed by atoms with E-state index < -0.39 is 18.0 Å². The Labute approximate surface area is 128 Å². The molecule has 0 aromatic heterocycles. The van der Waals surface area contributed by atoms with Crippen LogP contribution in [-0.4, -0.2) is 23.1 Å². The van der Waals surface area contributed by atoms with E-state index in [2.05, 4.69) is 0 Å². The lowest BCUT2D eigenvalue weighted by molar-refractivity contribution is 0.0418. The van der Waals surface area contributed by atoms with Crippen LogP contribution < -0.4 is 0 Å². The maximum absolute atomic E-state index is 12.1. The fraction of sp³-hybridized carbons (Fsp3) is 0.111. The molecule has 4 heteroatoms. The molecule has 0 aliphatic carbocycles. The van der Waals surface area contributed by atoms with E-state index in [-0.39, 0.29) is 11.1 Å². The summed E-state index contributed by atoms with van der Waals surface area (Å²) in [6, 6.07) is 15.6. The van der Waals surface area contributed by atoms with E-state index in [1.54, 1.807) is 25.1 Å². The maximum atomic E-state index is 12.1. The van der Waals surface area contributed by atoms with E-state index in [1.165, 1.54) is 12.1 Å². The van der Waals surface area contributed by atoms with Gasteiger partial charge in [-0.15, -0.1) is 0 Å². The van der Waals surface area contributed by atoms with Crippen molar-refractivity contribution in [2.24, 2.45) is 0 Å². The highest BCUT2D eigenvalue weighted by molar-refractivity contribution is 6.02. The number of carboxylic acids is 1. The molecule has 22 heavy (non-hydrogen) atoms. The Bertz CT molecular complexity index is 689. The summed E-state index contributed by atoms with van der Waals surface area (Å²) >= 11 is 0. The van der Waals surface area contributed by atoms with Crippen molar-refractivity contribution in [1.29, 1.82) is 0 Å². The summed E-state index contributed by atoms with van der Waals surface area (Å²) in [7, 11) is 0. The second-order valence-electron chi connectivity index (χ2n) is 4.73. The molecule has 0 bridgehead atoms. The van der Waals surface area contributed by atoms with Gasteiger partial charge in [-0.2, -0.15) is 0 Å². The number of ether oxygens (including phenoxy) is 1. The topological polar surface area (TPSA) is 63.6 Å². The van der Waals surface area contributed by atoms with Crippen molar-refractivity contribution in [1.82, 2.24) is 0 Å². The summed E-state index contributed by atoms with van der Waals surface area (Å²) in [4.78, 5) is 23.2. The van der Waals surface area contributed by atoms with E-state index in [1.807, 2.05) is 36.4 Å². The molecule has 2 aromatic rings. The molecule has 2 aromatic carbocycles. The van der Waals surface area contributed by atoms with Gasteiger partial charge < -0.3 is 9.84 Å². The highest BCUT2D eigenvalue weighted by Crippen LogP contribution is 2.12. The standard InChI is InChI=1S/C18H16O4/c1-13(11-12-14-7-3-2-4-8-14)22-18(21)16-10-6-5-9-15(16)17(19)20/h2-13H,1H3,(H,19,20). The Morgan fingerprint density at radius 1 is 1.00 bits per heavy atom. The average Bonchev–Trinajstić information content (AvgIpc) is 2.54. The highest BCUT2D eigenvalue weighted by Gasteiger charge is 2.18. The lowest BCUT2D eigenvalue weighted by atomic mass is 10.1. The van der Waals surface area contributed by atoms with Crippen LogP contribution in [0.1, 0.15) is 33.2 Å². The van der Waals surface area contributed by atoms with E-state index in [9.17, 15) is 9.59 Å². The lowest BCUT2D eigenvalue weighted by Gasteiger charge is -2.10. The van der Waals surface area contributed by atoms with Crippen molar-refractivity contribution in [2.75, 3.05) is 0 Å². The Kier molecular flexibility index (Phi) is 5.09. The van der Waals surface area contributed by atoms with Crippen molar-refractivity contribution < 1.29 is 19.4 Å². The number of hydrogen-bond acceptors (Lipinski definition) is 3. The molecule has 1 atom stereocenters. The van der Waals surface area contributed by atoms with E-state index >= 15 is 0 Å². The normalized spacial score (nSPS) is 12.0. The van der Waals surface area contributed by atoms with Crippen molar-refractivity contribution in [3.63, 3.8) is 0 Å². The predicted molar refractivity (Wildman–Crippen MR) is 83.8 cm³/mol. The number of rotatable bonds is 5. The fourth-order valence-electron chi connectivity index (χ4n) is 1.93. The predicted octanol–water partition coefficient (Wildman–Crippen LogP) is 3.64. The van der Waals surface area contributed by atoms with Crippen LogP contribution in [0.25, 0.3) is 6.08 Å². The molecular formula is C18H16O4. The number of hydrogen-bond donors (Lipinski definition) is 1. The zero-order valence-electron chi connectivity index (χ0n) is 12.1. The van der Waals surface area contributed by atoms with Crippen LogP contribution >= 0.6 is 0 Å². The molecule has 0 aliphatic heterocycles. The molecule has 1 unspecified atom stereocenters. The van der Waals surface area contributed by atoms with Crippen molar-refractivity contribution in [2.45, 2.75) is 13.0 Å². The first-order valence-corrected chi connectivity index (χ1v) is 6.84. The summed E-state index contributed by atoms with van der Waals surface area (Å²) < 4.78 is 5.26. The van der Waals surface area contributed by atoms with Gasteiger partial charge in [-0.3, -0.25) is 0 Å². The first-order chi connectivity index (χ1) is 10.6. The van der Waals surface area contributed by atoms with Gasteiger partial charge in [-0.05, 0) is 30.7 Å². The summed E-state index contributed by atoms with van der Waals surface area (Å²) in [5.74, 6) is -1.80. The molecular weight excluding hydrogens is 280 g/mol. The quantitative estimate of drug-likeness (QED) is 0.855. The smallest absolute Gasteiger partial charge is 0.339 e. The summed E-state index contributed by atoms with van der Waals surface area (Å²) in [6.07, 6.45) is 3.13. The molecule has 0 heterocycles. The second-order valence-corrected chi connectivity index (χ2v) is 4.73. The second kappa shape index (κ2) is 7.22. The number of carbonyl (C=O) groups excluding carboxylic acids is 1. The van der Waals surface area contributed by atoms with Crippen LogP contribution in [0, 0.1) is 0 Å². The minimum atomic E-state index is -1.15. The van der Waals surface area contributed by atoms with Gasteiger partial charge in [0, 0.05) is 0 Å². The molecule has 0 saturated heterocycles. The molecule has 4 nitrogen and oxygen atoms in total. The minimum absolute atomic E-state index is 0.0509. The van der Waals surface area contributed by atoms with Gasteiger partial charge in [0.25, 0.3) is 0 Å². The van der Waals surface area contributed by atoms with Gasteiger partial charge >= 0.3 is 11.9 Å². The summed E-state index contributed by atoms with van der Waals surface area (Å²) in [5, 5.41) is 9.08. The summed E-state index contributed by atoms with van der Waals surface area (Å²) in [5.41, 5.74) is 0.984. The van der Waals surface area contributed by atoms with E-state index in [0.29, 0.717) is 0 Å². The van der Waals surface area contributed by atoms with Gasteiger partial charge in [0.05, 0.1) is 11.1 Å². The van der Waals surface area contributed by atoms with Gasteiger partial charge in [0.15, 0.2) is 0 Å². The third-order valence-electron chi connectivity index (χ3n) is 3.03. The van der Waals surface area contributed by atoms with E-state index in [0.717, 1.165) is 5.56 Å². The molecule has 112 valence electrons. The number of aromatic carboxylic acids is 1. The number of carbonyl (C=O) groups is 2. The third kappa shape index (κ3) is 4.06. The van der Waals surface area contributed by atoms with Crippen molar-refractivity contribution >= 4 is 18.0 Å². The fourth-order valence-corrected chi connectivity index (χ4v) is 1.93. The molecule has 2 rings (SSSR count). The van der Waals surface area contributed by atoms with Crippen LogP contribution in [0.5, 0.6) is 0 Å². The first kappa shape index (κ1) is 15.5. The van der Waals surface area contributed by atoms with Gasteiger partial charge in [0.2, 0.25) is 0 Å². The average molecular weight is 296 g/mol. The minimum Gasteiger partial charge on any atom is -0.478 e. The SMILES string of the molecule is CC(C=Cc1ccccc1)OC(=O)c1ccccc1C(=O)O. The van der Waals surface area contributed by atoms with Crippen LogP contribution in [0.4, 0.5) is 0 Å². The van der Waals surface area contributed by atoms with Gasteiger partial charge in [-0.25, -0.2) is 9.59 Å². The first-order valence-electron chi connectivity index (χ1n) is 6.84. The van der Waals surface area contributed by atoms with E-state index in [4.69, 9.17) is 9.84 Å². The van der Waals surface area contributed by atoms with Crippen molar-refractivity contribution in [3.05, 3.63) is 77.4 Å². The molecule has 0 fully saturated rings. The molecule has 0 aliphatic rings. The zero-order valence-corrected chi connectivity index (χ0v) is 12.1. The van der Waals surface area contributed by atoms with Crippen LogP contribution in [0.2, 0.25) is 0 Å². The molecule has 0 amide bonds. The van der Waals surface area contributed by atoms with Crippen LogP contribution in [0.15, 0.2) is 60.7 Å². The summed E-state index contributed by atoms with van der Waals surface area (Å²) in [6.45, 7) is 1.72. The lowest BCUT2D eigenvalue weighted by Crippen LogP contribution is -2.16. The Balaban J connectivity index is 2.06.